The van der Waals surface area contributed by atoms with E-state index >= 15 is 0 Å². The normalized spacial score (nSPS) is 13.4. The molecule has 30 heavy (non-hydrogen) atoms. The van der Waals surface area contributed by atoms with Crippen molar-refractivity contribution >= 4 is 29.9 Å². The summed E-state index contributed by atoms with van der Waals surface area (Å²) >= 11 is 0. The summed E-state index contributed by atoms with van der Waals surface area (Å²) in [5.41, 5.74) is 1.95. The standard InChI is InChI=1S/C21H29N7O.HI/c1-4-22-20(24-16-21(2,29)18-14-26-27(3)15-18)23-12-10-17-6-8-19(9-7-17)28-13-5-11-25-28;/h5-9,11,13-15,29H,4,10,12,16H2,1-3H3,(H2,22,23,24);1H. The second-order valence-corrected chi connectivity index (χ2v) is 7.17. The lowest BCUT2D eigenvalue weighted by Gasteiger charge is -2.20. The number of hydrogen-bond donors (Lipinski definition) is 3. The van der Waals surface area contributed by atoms with E-state index in [9.17, 15) is 5.11 Å². The summed E-state index contributed by atoms with van der Waals surface area (Å²) in [5.74, 6) is 0.685. The lowest BCUT2D eigenvalue weighted by atomic mass is 10.0. The number of aromatic nitrogens is 4. The minimum Gasteiger partial charge on any atom is -0.383 e. The van der Waals surface area contributed by atoms with Gasteiger partial charge in [0.1, 0.15) is 5.60 Å². The largest absolute Gasteiger partial charge is 0.383 e. The van der Waals surface area contributed by atoms with E-state index in [1.807, 2.05) is 37.1 Å². The third kappa shape index (κ3) is 6.56. The SMILES string of the molecule is CCNC(=NCC(C)(O)c1cnn(C)c1)NCCc1ccc(-n2cccn2)cc1.I. The Hall–Kier alpha value is -2.40. The van der Waals surface area contributed by atoms with Gasteiger partial charge < -0.3 is 15.7 Å². The number of hydrogen-bond acceptors (Lipinski definition) is 4. The second-order valence-electron chi connectivity index (χ2n) is 7.17. The second kappa shape index (κ2) is 11.1. The summed E-state index contributed by atoms with van der Waals surface area (Å²) in [4.78, 5) is 4.55. The van der Waals surface area contributed by atoms with Crippen LogP contribution < -0.4 is 10.6 Å². The quantitative estimate of drug-likeness (QED) is 0.239. The summed E-state index contributed by atoms with van der Waals surface area (Å²) < 4.78 is 3.51. The molecule has 3 N–H and O–H groups in total. The number of rotatable bonds is 8. The Morgan fingerprint density at radius 3 is 2.57 bits per heavy atom. The molecule has 3 rings (SSSR count). The number of aliphatic hydroxyl groups is 1. The Balaban J connectivity index is 0.00000320. The van der Waals surface area contributed by atoms with Crippen molar-refractivity contribution in [1.29, 1.82) is 0 Å². The predicted molar refractivity (Wildman–Crippen MR) is 129 cm³/mol. The van der Waals surface area contributed by atoms with Crippen molar-refractivity contribution in [2.45, 2.75) is 25.9 Å². The first kappa shape index (κ1) is 23.9. The third-order valence-electron chi connectivity index (χ3n) is 4.63. The number of aryl methyl sites for hydroxylation is 1. The first-order valence-electron chi connectivity index (χ1n) is 9.80. The maximum absolute atomic E-state index is 10.7. The number of nitrogens with zero attached hydrogens (tertiary/aromatic N) is 5. The molecule has 0 saturated carbocycles. The van der Waals surface area contributed by atoms with E-state index in [4.69, 9.17) is 0 Å². The van der Waals surface area contributed by atoms with Crippen molar-refractivity contribution < 1.29 is 5.11 Å². The van der Waals surface area contributed by atoms with Crippen LogP contribution in [0.1, 0.15) is 25.0 Å². The van der Waals surface area contributed by atoms with Gasteiger partial charge >= 0.3 is 0 Å². The van der Waals surface area contributed by atoms with Crippen LogP contribution in [0.25, 0.3) is 5.69 Å². The van der Waals surface area contributed by atoms with Crippen molar-refractivity contribution in [3.8, 4) is 5.69 Å². The zero-order valence-corrected chi connectivity index (χ0v) is 19.9. The van der Waals surface area contributed by atoms with Crippen molar-refractivity contribution in [2.24, 2.45) is 12.0 Å². The monoisotopic (exact) mass is 523 g/mol. The molecule has 0 fully saturated rings. The van der Waals surface area contributed by atoms with Crippen LogP contribution in [0.3, 0.4) is 0 Å². The van der Waals surface area contributed by atoms with Gasteiger partial charge in [-0.15, -0.1) is 24.0 Å². The van der Waals surface area contributed by atoms with Gasteiger partial charge in [-0.3, -0.25) is 4.68 Å². The minimum atomic E-state index is -1.07. The molecular weight excluding hydrogens is 493 g/mol. The zero-order chi connectivity index (χ0) is 20.7. The van der Waals surface area contributed by atoms with E-state index in [1.165, 1.54) is 5.56 Å². The zero-order valence-electron chi connectivity index (χ0n) is 17.6. The van der Waals surface area contributed by atoms with Crippen LogP contribution in [0.15, 0.2) is 60.1 Å². The van der Waals surface area contributed by atoms with Gasteiger partial charge in [-0.1, -0.05) is 12.1 Å². The fourth-order valence-electron chi connectivity index (χ4n) is 2.93. The van der Waals surface area contributed by atoms with Gasteiger partial charge in [-0.05, 0) is 44.0 Å². The van der Waals surface area contributed by atoms with Crippen LogP contribution in [0.4, 0.5) is 0 Å². The van der Waals surface area contributed by atoms with Gasteiger partial charge in [0.2, 0.25) is 0 Å². The molecule has 3 aromatic rings. The molecule has 0 saturated heterocycles. The molecule has 1 unspecified atom stereocenters. The van der Waals surface area contributed by atoms with Gasteiger partial charge in [0.25, 0.3) is 0 Å². The molecule has 1 atom stereocenters. The Bertz CT molecular complexity index is 917. The van der Waals surface area contributed by atoms with E-state index in [2.05, 4.69) is 50.1 Å². The maximum Gasteiger partial charge on any atom is 0.191 e. The molecule has 0 radical (unpaired) electrons. The Labute approximate surface area is 194 Å². The lowest BCUT2D eigenvalue weighted by Crippen LogP contribution is -2.39. The number of aliphatic imine (C=N–C) groups is 1. The van der Waals surface area contributed by atoms with Crippen molar-refractivity contribution in [1.82, 2.24) is 30.2 Å². The van der Waals surface area contributed by atoms with Crippen molar-refractivity contribution in [3.05, 3.63) is 66.2 Å². The van der Waals surface area contributed by atoms with Gasteiger partial charge in [-0.2, -0.15) is 10.2 Å². The smallest absolute Gasteiger partial charge is 0.191 e. The van der Waals surface area contributed by atoms with E-state index in [0.29, 0.717) is 5.96 Å². The molecule has 2 heterocycles. The number of benzene rings is 1. The molecule has 0 aliphatic rings. The highest BCUT2D eigenvalue weighted by atomic mass is 127. The maximum atomic E-state index is 10.7. The predicted octanol–water partition coefficient (Wildman–Crippen LogP) is 2.23. The van der Waals surface area contributed by atoms with E-state index in [0.717, 1.165) is 30.8 Å². The first-order chi connectivity index (χ1) is 14.0. The molecule has 0 spiro atoms. The van der Waals surface area contributed by atoms with Crippen LogP contribution in [-0.4, -0.2) is 50.3 Å². The summed E-state index contributed by atoms with van der Waals surface area (Å²) in [5, 5.41) is 25.6. The summed E-state index contributed by atoms with van der Waals surface area (Å²) in [6.07, 6.45) is 8.04. The van der Waals surface area contributed by atoms with Crippen LogP contribution in [0, 0.1) is 0 Å². The Morgan fingerprint density at radius 1 is 1.20 bits per heavy atom. The molecule has 0 aliphatic carbocycles. The molecule has 0 amide bonds. The van der Waals surface area contributed by atoms with Crippen LogP contribution in [-0.2, 0) is 19.1 Å². The fourth-order valence-corrected chi connectivity index (χ4v) is 2.93. The average molecular weight is 523 g/mol. The lowest BCUT2D eigenvalue weighted by molar-refractivity contribution is 0.0672. The van der Waals surface area contributed by atoms with Gasteiger partial charge in [-0.25, -0.2) is 9.67 Å². The van der Waals surface area contributed by atoms with Gasteiger partial charge in [0.05, 0.1) is 18.4 Å². The highest BCUT2D eigenvalue weighted by Crippen LogP contribution is 2.19. The fraction of sp³-hybridized carbons (Fsp3) is 0.381. The topological polar surface area (TPSA) is 92.3 Å². The van der Waals surface area contributed by atoms with E-state index in [-0.39, 0.29) is 30.5 Å². The highest BCUT2D eigenvalue weighted by Gasteiger charge is 2.24. The molecule has 162 valence electrons. The molecule has 8 nitrogen and oxygen atoms in total. The van der Waals surface area contributed by atoms with Crippen LogP contribution in [0.5, 0.6) is 0 Å². The van der Waals surface area contributed by atoms with Crippen LogP contribution in [0.2, 0.25) is 0 Å². The van der Waals surface area contributed by atoms with Gasteiger partial charge in [0.15, 0.2) is 5.96 Å². The summed E-state index contributed by atoms with van der Waals surface area (Å²) in [6, 6.07) is 10.2. The molecule has 2 aromatic heterocycles. The molecule has 0 bridgehead atoms. The van der Waals surface area contributed by atoms with Crippen molar-refractivity contribution in [2.75, 3.05) is 19.6 Å². The van der Waals surface area contributed by atoms with Crippen molar-refractivity contribution in [3.63, 3.8) is 0 Å². The molecule has 0 aliphatic heterocycles. The van der Waals surface area contributed by atoms with Gasteiger partial charge in [0, 0.05) is 44.3 Å². The van der Waals surface area contributed by atoms with E-state index < -0.39 is 5.60 Å². The van der Waals surface area contributed by atoms with Crippen LogP contribution >= 0.6 is 24.0 Å². The number of nitrogens with one attached hydrogen (secondary N) is 2. The summed E-state index contributed by atoms with van der Waals surface area (Å²) in [7, 11) is 1.83. The minimum absolute atomic E-state index is 0. The molecule has 1 aromatic carbocycles. The Kier molecular flexibility index (Phi) is 8.85. The number of guanidine groups is 1. The third-order valence-corrected chi connectivity index (χ3v) is 4.63. The highest BCUT2D eigenvalue weighted by molar-refractivity contribution is 14.0. The summed E-state index contributed by atoms with van der Waals surface area (Å²) in [6.45, 7) is 5.50. The molecular formula is C21H30IN7O. The van der Waals surface area contributed by atoms with E-state index in [1.54, 1.807) is 24.0 Å². The Morgan fingerprint density at radius 2 is 1.97 bits per heavy atom. The number of halogens is 1. The average Bonchev–Trinajstić information content (AvgIpc) is 3.39. The molecule has 9 heteroatoms. The first-order valence-corrected chi connectivity index (χ1v) is 9.80.